The lowest BCUT2D eigenvalue weighted by atomic mass is 10.1. The third kappa shape index (κ3) is 4.71. The number of fused-ring (bicyclic) bond motifs is 3. The van der Waals surface area contributed by atoms with Gasteiger partial charge in [0.1, 0.15) is 48.8 Å². The van der Waals surface area contributed by atoms with Crippen molar-refractivity contribution < 1.29 is 48.1 Å². The van der Waals surface area contributed by atoms with E-state index >= 15 is 0 Å². The fourth-order valence-corrected chi connectivity index (χ4v) is 6.37. The van der Waals surface area contributed by atoms with Crippen LogP contribution in [0.3, 0.4) is 0 Å². The Kier molecular flexibility index (Phi) is 7.14. The van der Waals surface area contributed by atoms with Gasteiger partial charge in [0, 0.05) is 14.2 Å². The van der Waals surface area contributed by atoms with Gasteiger partial charge in [-0.1, -0.05) is 12.1 Å². The topological polar surface area (TPSA) is 141 Å². The van der Waals surface area contributed by atoms with Crippen LogP contribution < -0.4 is 5.69 Å². The van der Waals surface area contributed by atoms with Crippen LogP contribution in [0.15, 0.2) is 29.1 Å². The smallest absolute Gasteiger partial charge is 0.329 e. The Morgan fingerprint density at radius 3 is 1.55 bits per heavy atom. The van der Waals surface area contributed by atoms with Crippen LogP contribution in [-0.4, -0.2) is 107 Å². The number of aliphatic hydroxyl groups is 2. The first-order valence-electron chi connectivity index (χ1n) is 13.5. The number of rotatable bonds is 8. The number of ether oxygens (including phenoxy) is 8. The summed E-state index contributed by atoms with van der Waals surface area (Å²) in [5, 5.41) is 22.5. The Labute approximate surface area is 231 Å². The maximum Gasteiger partial charge on any atom is 0.329 e. The molecule has 0 spiro atoms. The van der Waals surface area contributed by atoms with Crippen molar-refractivity contribution in [2.24, 2.45) is 0 Å². The largest absolute Gasteiger partial charge is 0.388 e. The Bertz CT molecular complexity index is 1200. The molecule has 13 nitrogen and oxygen atoms in total. The van der Waals surface area contributed by atoms with E-state index in [0.29, 0.717) is 11.0 Å². The first-order valence-corrected chi connectivity index (χ1v) is 13.5. The van der Waals surface area contributed by atoms with Gasteiger partial charge >= 0.3 is 5.69 Å². The van der Waals surface area contributed by atoms with Crippen molar-refractivity contribution in [3.05, 3.63) is 34.7 Å². The van der Waals surface area contributed by atoms with Crippen LogP contribution in [0.5, 0.6) is 0 Å². The van der Waals surface area contributed by atoms with Crippen molar-refractivity contribution in [1.82, 2.24) is 9.13 Å². The third-order valence-corrected chi connectivity index (χ3v) is 8.02. The molecule has 222 valence electrons. The normalized spacial score (nSPS) is 37.6. The highest BCUT2D eigenvalue weighted by Gasteiger charge is 2.58. The van der Waals surface area contributed by atoms with Gasteiger partial charge in [0.25, 0.3) is 0 Å². The second kappa shape index (κ2) is 10.1. The highest BCUT2D eigenvalue weighted by atomic mass is 16.9. The molecule has 0 unspecified atom stereocenters. The van der Waals surface area contributed by atoms with Gasteiger partial charge in [-0.25, -0.2) is 4.79 Å². The summed E-state index contributed by atoms with van der Waals surface area (Å²) < 4.78 is 49.6. The van der Waals surface area contributed by atoms with Crippen LogP contribution in [-0.2, 0) is 51.0 Å². The summed E-state index contributed by atoms with van der Waals surface area (Å²) in [5.74, 6) is -1.66. The predicted molar refractivity (Wildman–Crippen MR) is 137 cm³/mol. The van der Waals surface area contributed by atoms with Gasteiger partial charge in [0.05, 0.1) is 24.1 Å². The Hall–Kier alpha value is -1.91. The molecule has 4 aliphatic heterocycles. The third-order valence-electron chi connectivity index (χ3n) is 8.02. The van der Waals surface area contributed by atoms with Crippen molar-refractivity contribution in [3.63, 3.8) is 0 Å². The second-order valence-corrected chi connectivity index (χ2v) is 11.7. The lowest BCUT2D eigenvalue weighted by Crippen LogP contribution is -2.46. The van der Waals surface area contributed by atoms with E-state index in [1.807, 2.05) is 12.1 Å². The Morgan fingerprint density at radius 1 is 0.775 bits per heavy atom. The number of aliphatic hydroxyl groups excluding tert-OH is 2. The van der Waals surface area contributed by atoms with E-state index in [0.717, 1.165) is 0 Å². The molecule has 2 aromatic rings. The molecule has 2 N–H and O–H groups in total. The lowest BCUT2D eigenvalue weighted by molar-refractivity contribution is -0.228. The summed E-state index contributed by atoms with van der Waals surface area (Å²) >= 11 is 0. The molecule has 0 saturated carbocycles. The Morgan fingerprint density at radius 2 is 1.18 bits per heavy atom. The number of aromatic nitrogens is 2. The van der Waals surface area contributed by atoms with E-state index in [1.54, 1.807) is 39.8 Å². The van der Waals surface area contributed by atoms with Crippen molar-refractivity contribution in [2.75, 3.05) is 14.2 Å². The number of hydrogen-bond donors (Lipinski definition) is 2. The number of hydrogen-bond acceptors (Lipinski definition) is 11. The number of imidazole rings is 1. The van der Waals surface area contributed by atoms with Gasteiger partial charge in [-0.05, 0) is 39.8 Å². The average Bonchev–Trinajstić information content (AvgIpc) is 3.63. The van der Waals surface area contributed by atoms with Crippen molar-refractivity contribution in [1.29, 1.82) is 0 Å². The van der Waals surface area contributed by atoms with E-state index in [9.17, 15) is 15.0 Å². The zero-order valence-electron chi connectivity index (χ0n) is 23.5. The molecule has 4 aliphatic rings. The van der Waals surface area contributed by atoms with E-state index in [2.05, 4.69) is 0 Å². The number of nitrogens with zero attached hydrogens (tertiary/aromatic N) is 2. The van der Waals surface area contributed by atoms with Crippen LogP contribution in [0.1, 0.15) is 27.7 Å². The summed E-state index contributed by atoms with van der Waals surface area (Å²) in [6.45, 7) is 7.00. The molecule has 0 amide bonds. The summed E-state index contributed by atoms with van der Waals surface area (Å²) in [6, 6.07) is 7.19. The standard InChI is InChI=1S/C27H38N2O11/c1-26(2)37-21-19(33-5)17(35-23(21)39-26)15(30)11-28-13-9-7-8-10-14(13)29(25(28)32)12-16(31)18-20(34-6)22-24(36-18)40-27(3,4)38-22/h7-10,15-24,30-31H,11-12H2,1-6H3/t15-,16+,17-,18-,19+,20+,21+,22+,23+,24+/m0/s1. The van der Waals surface area contributed by atoms with Crippen molar-refractivity contribution >= 4 is 11.0 Å². The zero-order valence-corrected chi connectivity index (χ0v) is 23.5. The molecule has 10 atom stereocenters. The molecule has 40 heavy (non-hydrogen) atoms. The van der Waals surface area contributed by atoms with Gasteiger partial charge in [-0.15, -0.1) is 0 Å². The predicted octanol–water partition coefficient (Wildman–Crippen LogP) is 0.308. The monoisotopic (exact) mass is 566 g/mol. The molecular formula is C27H38N2O11. The van der Waals surface area contributed by atoms with Crippen LogP contribution in [0.25, 0.3) is 11.0 Å². The summed E-state index contributed by atoms with van der Waals surface area (Å²) in [4.78, 5) is 13.7. The van der Waals surface area contributed by atoms with Gasteiger partial charge in [-0.3, -0.25) is 9.13 Å². The maximum absolute atomic E-state index is 13.7. The molecule has 0 aliphatic carbocycles. The minimum Gasteiger partial charge on any atom is -0.388 e. The minimum atomic E-state index is -1.11. The molecule has 4 fully saturated rings. The van der Waals surface area contributed by atoms with Crippen LogP contribution >= 0.6 is 0 Å². The molecule has 0 radical (unpaired) electrons. The number of methoxy groups -OCH3 is 2. The van der Waals surface area contributed by atoms with Crippen molar-refractivity contribution in [3.8, 4) is 0 Å². The molecule has 4 saturated heterocycles. The zero-order chi connectivity index (χ0) is 28.6. The van der Waals surface area contributed by atoms with E-state index in [1.165, 1.54) is 23.4 Å². The highest BCUT2D eigenvalue weighted by molar-refractivity contribution is 5.76. The highest BCUT2D eigenvalue weighted by Crippen LogP contribution is 2.41. The van der Waals surface area contributed by atoms with Crippen LogP contribution in [0.2, 0.25) is 0 Å². The van der Waals surface area contributed by atoms with Crippen LogP contribution in [0, 0.1) is 0 Å². The van der Waals surface area contributed by atoms with E-state index in [-0.39, 0.29) is 13.1 Å². The van der Waals surface area contributed by atoms with Gasteiger partial charge in [-0.2, -0.15) is 0 Å². The van der Waals surface area contributed by atoms with Crippen LogP contribution in [0.4, 0.5) is 0 Å². The first-order chi connectivity index (χ1) is 18.9. The van der Waals surface area contributed by atoms with Gasteiger partial charge in [0.2, 0.25) is 0 Å². The molecule has 6 rings (SSSR count). The SMILES string of the molecule is CO[C@@H]1[C@H]([C@H](O)Cn2c(=O)n(C[C@H](O)[C@@H]3O[C@@H]4OC(C)(C)O[C@@H]4[C@@H]3OC)c3ccccc32)O[C@@H]2OC(C)(C)O[C@@H]21. The fraction of sp³-hybridized carbons (Fsp3) is 0.741. The van der Waals surface area contributed by atoms with Gasteiger partial charge in [0.15, 0.2) is 24.2 Å². The van der Waals surface area contributed by atoms with Crippen molar-refractivity contribution in [2.45, 2.75) is 114 Å². The number of para-hydroxylation sites is 2. The summed E-state index contributed by atoms with van der Waals surface area (Å²) in [7, 11) is 3.04. The maximum atomic E-state index is 13.7. The molecule has 1 aromatic heterocycles. The second-order valence-electron chi connectivity index (χ2n) is 11.7. The lowest BCUT2D eigenvalue weighted by Gasteiger charge is -2.28. The minimum absolute atomic E-state index is 0.0721. The van der Waals surface area contributed by atoms with E-state index in [4.69, 9.17) is 37.9 Å². The molecule has 1 aromatic carbocycles. The molecule has 13 heteroatoms. The van der Waals surface area contributed by atoms with E-state index < -0.39 is 78.7 Å². The Balaban J connectivity index is 1.22. The van der Waals surface area contributed by atoms with Gasteiger partial charge < -0.3 is 48.1 Å². The first kappa shape index (κ1) is 28.2. The summed E-state index contributed by atoms with van der Waals surface area (Å²) in [6.07, 6.45) is -7.36. The number of benzene rings is 1. The molecular weight excluding hydrogens is 528 g/mol. The summed E-state index contributed by atoms with van der Waals surface area (Å²) in [5.41, 5.74) is 0.793. The average molecular weight is 567 g/mol. The molecule has 5 heterocycles. The quantitative estimate of drug-likeness (QED) is 0.456. The molecule has 0 bridgehead atoms. The fourth-order valence-electron chi connectivity index (χ4n) is 6.37.